The van der Waals surface area contributed by atoms with E-state index in [1.54, 1.807) is 24.3 Å². The molecule has 9 nitrogen and oxygen atoms in total. The van der Waals surface area contributed by atoms with Gasteiger partial charge in [0.1, 0.15) is 5.82 Å². The average Bonchev–Trinajstić information content (AvgIpc) is 3.04. The average molecular weight is 442 g/mol. The molecule has 0 saturated carbocycles. The lowest BCUT2D eigenvalue weighted by atomic mass is 10.1. The molecule has 2 amide bonds. The highest BCUT2D eigenvalue weighted by Gasteiger charge is 2.25. The van der Waals surface area contributed by atoms with Gasteiger partial charge < -0.3 is 4.57 Å². The molecule has 5 rings (SSSR count). The summed E-state index contributed by atoms with van der Waals surface area (Å²) < 4.78 is 2.11. The first kappa shape index (κ1) is 20.6. The topological polar surface area (TPSA) is 122 Å². The Hall–Kier alpha value is -4.27. The van der Waals surface area contributed by atoms with Crippen LogP contribution in [0.15, 0.2) is 59.4 Å². The molecule has 33 heavy (non-hydrogen) atoms. The zero-order valence-electron chi connectivity index (χ0n) is 17.8. The van der Waals surface area contributed by atoms with E-state index in [0.29, 0.717) is 16.5 Å². The minimum absolute atomic E-state index is 0.0131. The van der Waals surface area contributed by atoms with E-state index in [1.165, 1.54) is 0 Å². The number of nitrogens with one attached hydrogen (secondary N) is 3. The number of hydrazine groups is 1. The number of imidazole rings is 1. The fourth-order valence-corrected chi connectivity index (χ4v) is 4.23. The Kier molecular flexibility index (Phi) is 5.43. The van der Waals surface area contributed by atoms with Crippen LogP contribution < -0.4 is 16.4 Å². The maximum atomic E-state index is 13.0. The molecule has 0 radical (unpaired) electrons. The number of carbonyl (C=O) groups excluding carboxylic acids is 2. The number of fused-ring (bicyclic) bond motifs is 2. The lowest BCUT2D eigenvalue weighted by Crippen LogP contribution is -2.42. The molecule has 0 unspecified atom stereocenters. The van der Waals surface area contributed by atoms with E-state index in [4.69, 9.17) is 0 Å². The van der Waals surface area contributed by atoms with Crippen molar-refractivity contribution in [1.29, 1.82) is 0 Å². The van der Waals surface area contributed by atoms with Crippen LogP contribution in [0.4, 0.5) is 0 Å². The summed E-state index contributed by atoms with van der Waals surface area (Å²) in [6, 6.07) is 16.4. The quantitative estimate of drug-likeness (QED) is 0.421. The van der Waals surface area contributed by atoms with Gasteiger partial charge in [-0.1, -0.05) is 55.0 Å². The predicted octanol–water partition coefficient (Wildman–Crippen LogP) is 2.59. The summed E-state index contributed by atoms with van der Waals surface area (Å²) >= 11 is 0. The Bertz CT molecular complexity index is 1410. The highest BCUT2D eigenvalue weighted by Crippen LogP contribution is 2.27. The first-order chi connectivity index (χ1) is 16.1. The van der Waals surface area contributed by atoms with Gasteiger partial charge in [-0.25, -0.2) is 10.1 Å². The molecule has 3 heterocycles. The Morgan fingerprint density at radius 3 is 2.33 bits per heavy atom. The van der Waals surface area contributed by atoms with E-state index >= 15 is 0 Å². The fraction of sp³-hybridized carbons (Fsp3) is 0.208. The molecule has 166 valence electrons. The number of amides is 2. The van der Waals surface area contributed by atoms with Gasteiger partial charge in [-0.2, -0.15) is 5.10 Å². The Morgan fingerprint density at radius 2 is 1.55 bits per heavy atom. The van der Waals surface area contributed by atoms with Crippen LogP contribution in [0.3, 0.4) is 0 Å². The van der Waals surface area contributed by atoms with Gasteiger partial charge in [-0.3, -0.25) is 25.2 Å². The number of aromatic nitrogens is 4. The summed E-state index contributed by atoms with van der Waals surface area (Å²) in [6.07, 6.45) is 3.81. The summed E-state index contributed by atoms with van der Waals surface area (Å²) in [7, 11) is 0. The summed E-state index contributed by atoms with van der Waals surface area (Å²) in [5, 5.41) is 6.92. The molecular weight excluding hydrogens is 420 g/mol. The van der Waals surface area contributed by atoms with Crippen LogP contribution in [0.25, 0.3) is 22.2 Å². The van der Waals surface area contributed by atoms with Gasteiger partial charge in [0, 0.05) is 17.5 Å². The van der Waals surface area contributed by atoms with E-state index < -0.39 is 11.8 Å². The third-order valence-corrected chi connectivity index (χ3v) is 5.82. The summed E-state index contributed by atoms with van der Waals surface area (Å²) in [5.74, 6) is -0.383. The summed E-state index contributed by atoms with van der Waals surface area (Å²) in [4.78, 5) is 42.4. The minimum atomic E-state index is -0.635. The third kappa shape index (κ3) is 3.89. The standard InChI is InChI=1S/C24H22N6O3/c31-22-17-12-7-6-11-16(17)19(26-27-22)23(32)28-29-24(33)20-18-13-5-2-8-14-30(18)21(25-20)15-9-3-1-4-10-15/h1,3-4,6-7,9-12H,2,5,8,13-14H2,(H,27,31)(H,28,32)(H,29,33). The van der Waals surface area contributed by atoms with Crippen molar-refractivity contribution in [2.45, 2.75) is 32.2 Å². The van der Waals surface area contributed by atoms with Crippen molar-refractivity contribution in [3.8, 4) is 11.4 Å². The summed E-state index contributed by atoms with van der Waals surface area (Å²) in [5.41, 5.74) is 6.60. The number of hydrogen-bond donors (Lipinski definition) is 3. The minimum Gasteiger partial charge on any atom is -0.327 e. The normalized spacial score (nSPS) is 13.2. The fourth-order valence-electron chi connectivity index (χ4n) is 4.23. The van der Waals surface area contributed by atoms with E-state index in [0.717, 1.165) is 49.3 Å². The maximum absolute atomic E-state index is 13.0. The lowest BCUT2D eigenvalue weighted by molar-refractivity contribution is 0.0841. The van der Waals surface area contributed by atoms with Gasteiger partial charge in [0.2, 0.25) is 0 Å². The molecule has 1 aliphatic heterocycles. The number of rotatable bonds is 3. The van der Waals surface area contributed by atoms with Crippen LogP contribution in [-0.2, 0) is 13.0 Å². The molecule has 0 bridgehead atoms. The second-order valence-corrected chi connectivity index (χ2v) is 7.91. The van der Waals surface area contributed by atoms with E-state index in [1.807, 2.05) is 30.3 Å². The Morgan fingerprint density at radius 1 is 0.848 bits per heavy atom. The number of hydrogen-bond acceptors (Lipinski definition) is 5. The van der Waals surface area contributed by atoms with Crippen LogP contribution in [0.1, 0.15) is 45.9 Å². The van der Waals surface area contributed by atoms with E-state index in [-0.39, 0.29) is 11.3 Å². The van der Waals surface area contributed by atoms with Gasteiger partial charge in [0.25, 0.3) is 17.4 Å². The molecule has 2 aromatic heterocycles. The number of H-pyrrole nitrogens is 1. The first-order valence-corrected chi connectivity index (χ1v) is 10.9. The second-order valence-electron chi connectivity index (χ2n) is 7.91. The monoisotopic (exact) mass is 442 g/mol. The van der Waals surface area contributed by atoms with Gasteiger partial charge in [0.05, 0.1) is 11.1 Å². The predicted molar refractivity (Wildman–Crippen MR) is 123 cm³/mol. The molecular formula is C24H22N6O3. The molecule has 0 saturated heterocycles. The van der Waals surface area contributed by atoms with Crippen LogP contribution in [0.5, 0.6) is 0 Å². The maximum Gasteiger partial charge on any atom is 0.290 e. The molecule has 4 aromatic rings. The highest BCUT2D eigenvalue weighted by molar-refractivity contribution is 6.06. The zero-order valence-corrected chi connectivity index (χ0v) is 17.8. The van der Waals surface area contributed by atoms with Crippen molar-refractivity contribution in [1.82, 2.24) is 30.6 Å². The van der Waals surface area contributed by atoms with Gasteiger partial charge in [0.15, 0.2) is 11.4 Å². The highest BCUT2D eigenvalue weighted by atomic mass is 16.2. The van der Waals surface area contributed by atoms with Crippen molar-refractivity contribution in [3.63, 3.8) is 0 Å². The number of nitrogens with zero attached hydrogens (tertiary/aromatic N) is 3. The molecule has 1 aliphatic rings. The van der Waals surface area contributed by atoms with Crippen LogP contribution >= 0.6 is 0 Å². The molecule has 2 aromatic carbocycles. The summed E-state index contributed by atoms with van der Waals surface area (Å²) in [6.45, 7) is 0.791. The Balaban J connectivity index is 1.42. The van der Waals surface area contributed by atoms with Crippen molar-refractivity contribution < 1.29 is 9.59 Å². The van der Waals surface area contributed by atoms with Crippen LogP contribution in [0, 0.1) is 0 Å². The lowest BCUT2D eigenvalue weighted by Gasteiger charge is -2.09. The molecule has 0 spiro atoms. The number of aromatic amines is 1. The third-order valence-electron chi connectivity index (χ3n) is 5.82. The van der Waals surface area contributed by atoms with Crippen LogP contribution in [-0.4, -0.2) is 31.6 Å². The number of carbonyl (C=O) groups is 2. The van der Waals surface area contributed by atoms with Gasteiger partial charge >= 0.3 is 0 Å². The molecule has 9 heteroatoms. The van der Waals surface area contributed by atoms with Crippen LogP contribution in [0.2, 0.25) is 0 Å². The molecule has 0 atom stereocenters. The van der Waals surface area contributed by atoms with Crippen molar-refractivity contribution >= 4 is 22.6 Å². The van der Waals surface area contributed by atoms with Crippen molar-refractivity contribution in [2.75, 3.05) is 0 Å². The second kappa shape index (κ2) is 8.70. The smallest absolute Gasteiger partial charge is 0.290 e. The molecule has 3 N–H and O–H groups in total. The number of benzene rings is 2. The first-order valence-electron chi connectivity index (χ1n) is 10.9. The van der Waals surface area contributed by atoms with E-state index in [2.05, 4.69) is 30.6 Å². The SMILES string of the molecule is O=C(NNC(=O)c1n[nH]c(=O)c2ccccc12)c1nc(-c2ccccc2)n2c1CCCCC2. The Labute approximate surface area is 188 Å². The zero-order chi connectivity index (χ0) is 22.8. The van der Waals surface area contributed by atoms with Gasteiger partial charge in [-0.05, 0) is 25.3 Å². The molecule has 0 fully saturated rings. The van der Waals surface area contributed by atoms with Gasteiger partial charge in [-0.15, -0.1) is 0 Å². The molecule has 0 aliphatic carbocycles. The van der Waals surface area contributed by atoms with E-state index in [9.17, 15) is 14.4 Å². The largest absolute Gasteiger partial charge is 0.327 e. The van der Waals surface area contributed by atoms with Crippen molar-refractivity contribution in [2.24, 2.45) is 0 Å². The van der Waals surface area contributed by atoms with Crippen molar-refractivity contribution in [3.05, 3.63) is 82.0 Å².